The van der Waals surface area contributed by atoms with Gasteiger partial charge in [-0.3, -0.25) is 4.57 Å². The number of hydrogen-bond donors (Lipinski definition) is 1. The average Bonchev–Trinajstić information content (AvgIpc) is 2.79. The summed E-state index contributed by atoms with van der Waals surface area (Å²) >= 11 is 9.63. The molecule has 0 unspecified atom stereocenters. The van der Waals surface area contributed by atoms with Gasteiger partial charge >= 0.3 is 0 Å². The average molecular weight is 367 g/mol. The molecule has 1 heterocycles. The van der Waals surface area contributed by atoms with Crippen LogP contribution in [-0.4, -0.2) is 16.2 Å². The molecule has 0 fully saturated rings. The van der Waals surface area contributed by atoms with Crippen LogP contribution in [0.2, 0.25) is 5.02 Å². The van der Waals surface area contributed by atoms with Crippen LogP contribution in [-0.2, 0) is 0 Å². The van der Waals surface area contributed by atoms with Gasteiger partial charge in [0.05, 0.1) is 17.8 Å². The molecule has 0 atom stereocenters. The van der Waals surface area contributed by atoms with Crippen LogP contribution in [0.15, 0.2) is 40.9 Å². The standard InChI is InChI=1S/C15H13BrClN3O/c1-2-21-13-5-3-4-11-14(13)19-15(18)20(11)12-8-9(17)6-7-10(12)16/h3-8H,2H2,1H3,(H2,18,19). The molecule has 0 saturated carbocycles. The minimum atomic E-state index is 0.389. The lowest BCUT2D eigenvalue weighted by atomic mass is 10.2. The number of imidazole rings is 1. The molecule has 0 bridgehead atoms. The molecule has 0 saturated heterocycles. The van der Waals surface area contributed by atoms with E-state index in [2.05, 4.69) is 20.9 Å². The van der Waals surface area contributed by atoms with Gasteiger partial charge in [-0.25, -0.2) is 4.98 Å². The molecule has 4 nitrogen and oxygen atoms in total. The molecule has 0 amide bonds. The number of ether oxygens (including phenoxy) is 1. The Bertz CT molecular complexity index is 816. The van der Waals surface area contributed by atoms with Crippen molar-refractivity contribution in [3.8, 4) is 11.4 Å². The van der Waals surface area contributed by atoms with Crippen molar-refractivity contribution in [3.05, 3.63) is 45.9 Å². The third-order valence-electron chi connectivity index (χ3n) is 3.12. The summed E-state index contributed by atoms with van der Waals surface area (Å²) < 4.78 is 8.35. The SMILES string of the molecule is CCOc1cccc2c1nc(N)n2-c1cc(Cl)ccc1Br. The summed E-state index contributed by atoms with van der Waals surface area (Å²) in [4.78, 5) is 4.43. The lowest BCUT2D eigenvalue weighted by molar-refractivity contribution is 0.344. The Kier molecular flexibility index (Phi) is 3.78. The summed E-state index contributed by atoms with van der Waals surface area (Å²) in [6.45, 7) is 2.51. The highest BCUT2D eigenvalue weighted by atomic mass is 79.9. The number of fused-ring (bicyclic) bond motifs is 1. The maximum atomic E-state index is 6.10. The molecule has 108 valence electrons. The lowest BCUT2D eigenvalue weighted by Crippen LogP contribution is -2.01. The fourth-order valence-corrected chi connectivity index (χ4v) is 2.86. The number of halogens is 2. The zero-order chi connectivity index (χ0) is 15.0. The number of nitrogens with two attached hydrogens (primary N) is 1. The van der Waals surface area contributed by atoms with Crippen molar-refractivity contribution in [1.82, 2.24) is 9.55 Å². The van der Waals surface area contributed by atoms with Crippen LogP contribution < -0.4 is 10.5 Å². The summed E-state index contributed by atoms with van der Waals surface area (Å²) in [5, 5.41) is 0.635. The van der Waals surface area contributed by atoms with Crippen LogP contribution >= 0.6 is 27.5 Å². The van der Waals surface area contributed by atoms with Crippen LogP contribution in [0.3, 0.4) is 0 Å². The van der Waals surface area contributed by atoms with Gasteiger partial charge in [0.1, 0.15) is 11.3 Å². The van der Waals surface area contributed by atoms with Crippen molar-refractivity contribution in [2.75, 3.05) is 12.3 Å². The fraction of sp³-hybridized carbons (Fsp3) is 0.133. The van der Waals surface area contributed by atoms with Gasteiger partial charge in [-0.2, -0.15) is 0 Å². The Morgan fingerprint density at radius 2 is 2.14 bits per heavy atom. The number of aromatic nitrogens is 2. The van der Waals surface area contributed by atoms with Gasteiger partial charge in [-0.1, -0.05) is 17.7 Å². The predicted octanol–water partition coefficient (Wildman–Crippen LogP) is 4.42. The first-order chi connectivity index (χ1) is 10.1. The number of nitrogen functional groups attached to an aromatic ring is 1. The Labute approximate surface area is 135 Å². The first-order valence-electron chi connectivity index (χ1n) is 6.47. The van der Waals surface area contributed by atoms with E-state index < -0.39 is 0 Å². The van der Waals surface area contributed by atoms with E-state index in [9.17, 15) is 0 Å². The second kappa shape index (κ2) is 5.58. The van der Waals surface area contributed by atoms with Crippen LogP contribution in [0.4, 0.5) is 5.95 Å². The molecular weight excluding hydrogens is 354 g/mol. The first-order valence-corrected chi connectivity index (χ1v) is 7.64. The van der Waals surface area contributed by atoms with Gasteiger partial charge in [-0.15, -0.1) is 0 Å². The zero-order valence-corrected chi connectivity index (χ0v) is 13.6. The Morgan fingerprint density at radius 1 is 1.33 bits per heavy atom. The molecule has 3 rings (SSSR count). The molecular formula is C15H13BrClN3O. The molecule has 0 radical (unpaired) electrons. The largest absolute Gasteiger partial charge is 0.492 e. The van der Waals surface area contributed by atoms with Gasteiger partial charge in [0.15, 0.2) is 0 Å². The first kappa shape index (κ1) is 14.2. The Morgan fingerprint density at radius 3 is 2.90 bits per heavy atom. The summed E-state index contributed by atoms with van der Waals surface area (Å²) in [6.07, 6.45) is 0. The highest BCUT2D eigenvalue weighted by Crippen LogP contribution is 2.33. The summed E-state index contributed by atoms with van der Waals surface area (Å²) in [5.41, 5.74) is 8.56. The Balaban J connectivity index is 2.30. The Hall–Kier alpha value is -1.72. The highest BCUT2D eigenvalue weighted by molar-refractivity contribution is 9.10. The monoisotopic (exact) mass is 365 g/mol. The van der Waals surface area contributed by atoms with Crippen molar-refractivity contribution in [2.24, 2.45) is 0 Å². The van der Waals surface area contributed by atoms with E-state index in [1.54, 1.807) is 0 Å². The molecule has 0 spiro atoms. The number of hydrogen-bond acceptors (Lipinski definition) is 3. The molecule has 0 aliphatic rings. The van der Waals surface area contributed by atoms with Crippen LogP contribution in [0.1, 0.15) is 6.92 Å². The van der Waals surface area contributed by atoms with E-state index >= 15 is 0 Å². The van der Waals surface area contributed by atoms with Gasteiger partial charge < -0.3 is 10.5 Å². The third kappa shape index (κ3) is 2.47. The molecule has 3 aromatic rings. The van der Waals surface area contributed by atoms with Crippen molar-refractivity contribution in [2.45, 2.75) is 6.92 Å². The smallest absolute Gasteiger partial charge is 0.206 e. The van der Waals surface area contributed by atoms with Crippen LogP contribution in [0.5, 0.6) is 5.75 Å². The summed E-state index contributed by atoms with van der Waals surface area (Å²) in [7, 11) is 0. The maximum Gasteiger partial charge on any atom is 0.206 e. The summed E-state index contributed by atoms with van der Waals surface area (Å²) in [6, 6.07) is 11.3. The maximum absolute atomic E-state index is 6.10. The second-order valence-electron chi connectivity index (χ2n) is 4.46. The van der Waals surface area contributed by atoms with Gasteiger partial charge in [0, 0.05) is 9.50 Å². The van der Waals surface area contributed by atoms with E-state index in [1.165, 1.54) is 0 Å². The number of nitrogens with zero attached hydrogens (tertiary/aromatic N) is 2. The van der Waals surface area contributed by atoms with Crippen LogP contribution in [0, 0.1) is 0 Å². The molecule has 0 aliphatic carbocycles. The van der Waals surface area contributed by atoms with Gasteiger partial charge in [0.25, 0.3) is 0 Å². The van der Waals surface area contributed by atoms with Crippen molar-refractivity contribution < 1.29 is 4.74 Å². The van der Waals surface area contributed by atoms with E-state index in [0.29, 0.717) is 17.6 Å². The lowest BCUT2D eigenvalue weighted by Gasteiger charge is -2.10. The van der Waals surface area contributed by atoms with Gasteiger partial charge in [-0.05, 0) is 53.2 Å². The van der Waals surface area contributed by atoms with E-state index in [4.69, 9.17) is 22.1 Å². The van der Waals surface area contributed by atoms with E-state index in [0.717, 1.165) is 26.9 Å². The number of anilines is 1. The number of benzene rings is 2. The molecule has 1 aromatic heterocycles. The van der Waals surface area contributed by atoms with E-state index in [1.807, 2.05) is 47.9 Å². The minimum Gasteiger partial charge on any atom is -0.492 e. The fourth-order valence-electron chi connectivity index (χ4n) is 2.27. The molecule has 2 aromatic carbocycles. The normalized spacial score (nSPS) is 11.0. The van der Waals surface area contributed by atoms with Crippen LogP contribution in [0.25, 0.3) is 16.7 Å². The topological polar surface area (TPSA) is 53.1 Å². The quantitative estimate of drug-likeness (QED) is 0.746. The predicted molar refractivity (Wildman–Crippen MR) is 89.4 cm³/mol. The number of para-hydroxylation sites is 1. The minimum absolute atomic E-state index is 0.389. The third-order valence-corrected chi connectivity index (χ3v) is 4.03. The molecule has 6 heteroatoms. The van der Waals surface area contributed by atoms with Crippen molar-refractivity contribution in [3.63, 3.8) is 0 Å². The number of rotatable bonds is 3. The molecule has 0 aliphatic heterocycles. The van der Waals surface area contributed by atoms with Crippen molar-refractivity contribution >= 4 is 44.5 Å². The second-order valence-corrected chi connectivity index (χ2v) is 5.75. The molecule has 2 N–H and O–H groups in total. The molecule has 21 heavy (non-hydrogen) atoms. The zero-order valence-electron chi connectivity index (χ0n) is 11.3. The van der Waals surface area contributed by atoms with Gasteiger partial charge in [0.2, 0.25) is 5.95 Å². The summed E-state index contributed by atoms with van der Waals surface area (Å²) in [5.74, 6) is 1.11. The highest BCUT2D eigenvalue weighted by Gasteiger charge is 2.15. The van der Waals surface area contributed by atoms with E-state index in [-0.39, 0.29) is 0 Å². The van der Waals surface area contributed by atoms with Crippen molar-refractivity contribution in [1.29, 1.82) is 0 Å².